The molecule has 0 amide bonds. The number of methoxy groups -OCH3 is 2. The van der Waals surface area contributed by atoms with Gasteiger partial charge in [0, 0.05) is 36.2 Å². The van der Waals surface area contributed by atoms with Gasteiger partial charge in [-0.15, -0.1) is 0 Å². The number of aliphatic hydroxyl groups excluding tert-OH is 1. The molecule has 2 heterocycles. The Morgan fingerprint density at radius 3 is 1.70 bits per heavy atom. The van der Waals surface area contributed by atoms with Crippen molar-refractivity contribution in [2.45, 2.75) is 82.3 Å². The highest BCUT2D eigenvalue weighted by atomic mass is 16.5. The van der Waals surface area contributed by atoms with E-state index in [1.807, 2.05) is 30.3 Å². The van der Waals surface area contributed by atoms with Gasteiger partial charge in [-0.2, -0.15) is 0 Å². The second-order valence-corrected chi connectivity index (χ2v) is 10.8. The van der Waals surface area contributed by atoms with Crippen LogP contribution in [0, 0.1) is 0 Å². The van der Waals surface area contributed by atoms with E-state index in [9.17, 15) is 19.5 Å². The number of aromatic nitrogens is 2. The van der Waals surface area contributed by atoms with E-state index in [1.54, 1.807) is 25.3 Å². The molecule has 9 nitrogen and oxygen atoms in total. The van der Waals surface area contributed by atoms with E-state index in [-0.39, 0.29) is 56.7 Å². The number of aryl methyl sites for hydroxylation is 2. The Labute approximate surface area is 299 Å². The van der Waals surface area contributed by atoms with Gasteiger partial charge in [0.05, 0.1) is 43.4 Å². The molecule has 9 heteroatoms. The molecule has 2 aliphatic rings. The highest BCUT2D eigenvalue weighted by molar-refractivity contribution is 6.37. The minimum absolute atomic E-state index is 0. The molecular formula is C41H57N3O6. The number of carbonyl (C=O) groups excluding carboxylic acids is 3. The summed E-state index contributed by atoms with van der Waals surface area (Å²) in [6.07, 6.45) is 5.39. The number of fused-ring (bicyclic) bond motifs is 5. The quantitative estimate of drug-likeness (QED) is 0.107. The smallest absolute Gasteiger partial charge is 0.198 e. The zero-order valence-corrected chi connectivity index (χ0v) is 25.3. The number of nitrogens with zero attached hydrogens (tertiary/aromatic N) is 2. The fourth-order valence-corrected chi connectivity index (χ4v) is 5.56. The lowest BCUT2D eigenvalue weighted by Gasteiger charge is -2.20. The normalized spacial score (nSPS) is 12.1. The number of Topliss-reactive ketones (excluding diaryl/α,β-unsaturated/α-hetero) is 2. The summed E-state index contributed by atoms with van der Waals surface area (Å²) in [5, 5.41) is 11.8. The van der Waals surface area contributed by atoms with E-state index in [0.29, 0.717) is 36.1 Å². The van der Waals surface area contributed by atoms with Crippen LogP contribution in [0.15, 0.2) is 66.7 Å². The second kappa shape index (κ2) is 20.4. The van der Waals surface area contributed by atoms with Gasteiger partial charge in [0.1, 0.15) is 17.0 Å². The zero-order chi connectivity index (χ0) is 31.9. The van der Waals surface area contributed by atoms with E-state index < -0.39 is 0 Å². The van der Waals surface area contributed by atoms with Crippen molar-refractivity contribution in [1.82, 2.24) is 9.97 Å². The molecule has 7 rings (SSSR count). The Bertz CT molecular complexity index is 1800. The summed E-state index contributed by atoms with van der Waals surface area (Å²) in [5.74, 6) is 0.969. The fourth-order valence-electron chi connectivity index (χ4n) is 5.56. The summed E-state index contributed by atoms with van der Waals surface area (Å²) in [4.78, 5) is 41.1. The van der Waals surface area contributed by atoms with Crippen molar-refractivity contribution in [3.8, 4) is 22.9 Å². The van der Waals surface area contributed by atoms with Crippen molar-refractivity contribution >= 4 is 45.3 Å². The number of ketones is 2. The lowest BCUT2D eigenvalue weighted by atomic mass is 9.90. The van der Waals surface area contributed by atoms with Gasteiger partial charge >= 0.3 is 0 Å². The maximum absolute atomic E-state index is 10.4. The molecule has 0 bridgehead atoms. The molecular weight excluding hydrogens is 630 g/mol. The molecule has 0 atom stereocenters. The third-order valence-corrected chi connectivity index (χ3v) is 7.99. The van der Waals surface area contributed by atoms with E-state index in [2.05, 4.69) is 18.2 Å². The van der Waals surface area contributed by atoms with Crippen molar-refractivity contribution in [2.24, 2.45) is 0 Å². The van der Waals surface area contributed by atoms with Crippen molar-refractivity contribution in [2.75, 3.05) is 20.0 Å². The van der Waals surface area contributed by atoms with Crippen LogP contribution in [-0.2, 0) is 29.0 Å². The summed E-state index contributed by atoms with van der Waals surface area (Å²) < 4.78 is 10.4. The van der Waals surface area contributed by atoms with Crippen molar-refractivity contribution < 1.29 is 30.4 Å². The first kappa shape index (κ1) is 44.9. The third-order valence-electron chi connectivity index (χ3n) is 7.99. The number of rotatable bonds is 4. The van der Waals surface area contributed by atoms with Crippen LogP contribution in [0.2, 0.25) is 0 Å². The minimum Gasteiger partial charge on any atom is -0.495 e. The SMILES string of the molecule is C.C.C.C.C.COc1cccc(C=O)c1N.COc1cccc2cc3c(nc12)-c1nc2c(CO)cccc2cc1CC3.O=C1CCCCC1=O.[2HH]. The molecule has 1 fully saturated rings. The highest BCUT2D eigenvalue weighted by Crippen LogP contribution is 2.36. The van der Waals surface area contributed by atoms with Crippen LogP contribution >= 0.6 is 0 Å². The molecule has 272 valence electrons. The average molecular weight is 689 g/mol. The summed E-state index contributed by atoms with van der Waals surface area (Å²) >= 11 is 0. The monoisotopic (exact) mass is 688 g/mol. The zero-order valence-electron chi connectivity index (χ0n) is 25.3. The van der Waals surface area contributed by atoms with Crippen LogP contribution in [0.1, 0.15) is 91.3 Å². The number of hydrogen-bond donors (Lipinski definition) is 2. The van der Waals surface area contributed by atoms with Crippen molar-refractivity contribution in [1.29, 1.82) is 0 Å². The van der Waals surface area contributed by atoms with Crippen LogP contribution in [-0.4, -0.2) is 47.1 Å². The molecule has 0 unspecified atom stereocenters. The minimum atomic E-state index is -0.170. The Morgan fingerprint density at radius 2 is 1.20 bits per heavy atom. The highest BCUT2D eigenvalue weighted by Gasteiger charge is 2.22. The number of benzene rings is 3. The molecule has 0 spiro atoms. The number of hydrogen-bond acceptors (Lipinski definition) is 9. The van der Waals surface area contributed by atoms with Crippen molar-refractivity contribution in [3.05, 3.63) is 89.0 Å². The lowest BCUT2D eigenvalue weighted by molar-refractivity contribution is -0.137. The second-order valence-electron chi connectivity index (χ2n) is 10.8. The number of carbonyl (C=O) groups is 3. The van der Waals surface area contributed by atoms with Gasteiger partial charge in [0.25, 0.3) is 0 Å². The van der Waals surface area contributed by atoms with Gasteiger partial charge in [-0.3, -0.25) is 14.4 Å². The molecule has 0 saturated heterocycles. The predicted molar refractivity (Wildman–Crippen MR) is 209 cm³/mol. The maximum atomic E-state index is 10.4. The molecule has 2 aliphatic carbocycles. The largest absolute Gasteiger partial charge is 0.495 e. The van der Waals surface area contributed by atoms with Gasteiger partial charge in [-0.05, 0) is 67.1 Å². The summed E-state index contributed by atoms with van der Waals surface area (Å²) in [5.41, 5.74) is 13.2. The van der Waals surface area contributed by atoms with Crippen molar-refractivity contribution in [3.63, 3.8) is 0 Å². The van der Waals surface area contributed by atoms with Gasteiger partial charge in [0.2, 0.25) is 0 Å². The first-order chi connectivity index (χ1) is 21.9. The molecule has 0 aliphatic heterocycles. The van der Waals surface area contributed by atoms with Gasteiger partial charge in [0.15, 0.2) is 17.9 Å². The first-order valence-electron chi connectivity index (χ1n) is 14.8. The predicted octanol–water partition coefficient (Wildman–Crippen LogP) is 9.26. The number of aliphatic hydroxyl groups is 1. The van der Waals surface area contributed by atoms with Gasteiger partial charge < -0.3 is 20.3 Å². The molecule has 3 aromatic carbocycles. The summed E-state index contributed by atoms with van der Waals surface area (Å²) in [6, 6.07) is 21.4. The van der Waals surface area contributed by atoms with E-state index in [0.717, 1.165) is 70.2 Å². The first-order valence-corrected chi connectivity index (χ1v) is 14.8. The topological polar surface area (TPSA) is 142 Å². The van der Waals surface area contributed by atoms with Gasteiger partial charge in [-0.25, -0.2) is 9.97 Å². The summed E-state index contributed by atoms with van der Waals surface area (Å²) in [6.45, 7) is -0.0189. The van der Waals surface area contributed by atoms with E-state index in [1.165, 1.54) is 18.2 Å². The number of nitrogen functional groups attached to an aromatic ring is 1. The van der Waals surface area contributed by atoms with Crippen LogP contribution < -0.4 is 15.2 Å². The lowest BCUT2D eigenvalue weighted by Crippen LogP contribution is -2.17. The average Bonchev–Trinajstić information content (AvgIpc) is 3.08. The third kappa shape index (κ3) is 9.51. The number of pyridine rings is 2. The number of anilines is 1. The standard InChI is InChI=1S/C22H18N2O2.C8H9NO2.C6H8O2.5CH4.H2/c1-26-18-7-3-5-14-11-16-9-8-15-10-13-4-2-6-17(12-25)19(13)23-21(15)22(16)24-20(14)18;1-11-7-4-2-3-6(5-10)8(7)9;7-5-3-1-2-4-6(5)8;;;;;;/h2-7,10-11,25H,8-9,12H2,1H3;2-5H,9H2,1H3;1-4H2;5*1H4;1H/i;;;;;;;;1+1. The molecule has 2 aromatic heterocycles. The fraction of sp³-hybridized carbons (Fsp3) is 0.341. The Morgan fingerprint density at radius 1 is 0.720 bits per heavy atom. The molecule has 5 aromatic rings. The molecule has 1 saturated carbocycles. The Hall–Kier alpha value is -5.15. The number of ether oxygens (including phenoxy) is 2. The molecule has 3 N–H and O–H groups in total. The van der Waals surface area contributed by atoms with Crippen LogP contribution in [0.5, 0.6) is 11.5 Å². The van der Waals surface area contributed by atoms with Crippen LogP contribution in [0.3, 0.4) is 0 Å². The maximum Gasteiger partial charge on any atom is 0.198 e. The molecule has 50 heavy (non-hydrogen) atoms. The summed E-state index contributed by atoms with van der Waals surface area (Å²) in [7, 11) is 3.18. The molecule has 0 radical (unpaired) electrons. The van der Waals surface area contributed by atoms with Gasteiger partial charge in [-0.1, -0.05) is 73.5 Å². The number of para-hydroxylation sites is 3. The van der Waals surface area contributed by atoms with Crippen LogP contribution in [0.25, 0.3) is 33.2 Å². The Balaban J connectivity index is 0. The Kier molecular flexibility index (Phi) is 18.3. The number of nitrogens with two attached hydrogens (primary N) is 1. The number of aldehydes is 1. The van der Waals surface area contributed by atoms with E-state index in [4.69, 9.17) is 25.2 Å². The van der Waals surface area contributed by atoms with Crippen LogP contribution in [0.4, 0.5) is 5.69 Å². The van der Waals surface area contributed by atoms with E-state index >= 15 is 0 Å².